The van der Waals surface area contributed by atoms with E-state index >= 15 is 0 Å². The zero-order chi connectivity index (χ0) is 12.4. The van der Waals surface area contributed by atoms with Crippen LogP contribution in [0.2, 0.25) is 0 Å². The third-order valence-electron chi connectivity index (χ3n) is 2.77. The van der Waals surface area contributed by atoms with Gasteiger partial charge in [0.05, 0.1) is 17.1 Å². The van der Waals surface area contributed by atoms with E-state index in [0.717, 1.165) is 10.5 Å². The van der Waals surface area contributed by atoms with Crippen LogP contribution in [0.3, 0.4) is 0 Å². The van der Waals surface area contributed by atoms with Gasteiger partial charge in [0.15, 0.2) is 0 Å². The van der Waals surface area contributed by atoms with Gasteiger partial charge in [-0.25, -0.2) is 4.98 Å². The lowest BCUT2D eigenvalue weighted by Crippen LogP contribution is -1.93. The Labute approximate surface area is 106 Å². The summed E-state index contributed by atoms with van der Waals surface area (Å²) in [5, 5.41) is 11.1. The van der Waals surface area contributed by atoms with Crippen LogP contribution in [-0.2, 0) is 0 Å². The summed E-state index contributed by atoms with van der Waals surface area (Å²) < 4.78 is 0. The second-order valence-corrected chi connectivity index (χ2v) is 5.44. The van der Waals surface area contributed by atoms with Gasteiger partial charge in [0.1, 0.15) is 0 Å². The summed E-state index contributed by atoms with van der Waals surface area (Å²) in [6.07, 6.45) is 0. The lowest BCUT2D eigenvalue weighted by molar-refractivity contribution is 0.322. The molecule has 0 amide bonds. The molecule has 0 radical (unpaired) electrons. The van der Waals surface area contributed by atoms with Crippen molar-refractivity contribution < 1.29 is 5.11 Å². The molecule has 0 unspecified atom stereocenters. The maximum atomic E-state index is 8.85. The van der Waals surface area contributed by atoms with Gasteiger partial charge in [-0.3, -0.25) is 0 Å². The van der Waals surface area contributed by atoms with E-state index in [2.05, 4.69) is 44.0 Å². The Balaban J connectivity index is 2.56. The summed E-state index contributed by atoms with van der Waals surface area (Å²) in [5.41, 5.74) is 4.82. The zero-order valence-corrected chi connectivity index (χ0v) is 11.3. The third-order valence-corrected chi connectivity index (χ3v) is 3.66. The van der Waals surface area contributed by atoms with Crippen LogP contribution in [-0.4, -0.2) is 22.5 Å². The van der Waals surface area contributed by atoms with Crippen LogP contribution in [0.25, 0.3) is 10.9 Å². The van der Waals surface area contributed by atoms with Crippen LogP contribution in [0.4, 0.5) is 0 Å². The molecule has 3 heteroatoms. The van der Waals surface area contributed by atoms with Gasteiger partial charge in [-0.1, -0.05) is 11.6 Å². The zero-order valence-electron chi connectivity index (χ0n) is 10.4. The summed E-state index contributed by atoms with van der Waals surface area (Å²) in [6, 6.07) is 6.45. The minimum absolute atomic E-state index is 0.191. The average Bonchev–Trinajstić information content (AvgIpc) is 2.28. The van der Waals surface area contributed by atoms with Gasteiger partial charge in [0.25, 0.3) is 0 Å². The van der Waals surface area contributed by atoms with E-state index in [4.69, 9.17) is 5.11 Å². The predicted molar refractivity (Wildman–Crippen MR) is 73.8 cm³/mol. The molecule has 0 aliphatic rings. The normalized spacial score (nSPS) is 11.1. The highest BCUT2D eigenvalue weighted by atomic mass is 32.2. The van der Waals surface area contributed by atoms with Crippen molar-refractivity contribution in [2.24, 2.45) is 0 Å². The fraction of sp³-hybridized carbons (Fsp3) is 0.357. The highest BCUT2D eigenvalue weighted by molar-refractivity contribution is 7.99. The van der Waals surface area contributed by atoms with Crippen molar-refractivity contribution in [2.75, 3.05) is 12.4 Å². The largest absolute Gasteiger partial charge is 0.396 e. The second-order valence-electron chi connectivity index (χ2n) is 4.33. The van der Waals surface area contributed by atoms with Crippen molar-refractivity contribution in [2.45, 2.75) is 25.8 Å². The molecule has 2 aromatic rings. The quantitative estimate of drug-likeness (QED) is 0.845. The maximum Gasteiger partial charge on any atom is 0.0971 e. The van der Waals surface area contributed by atoms with E-state index in [1.807, 2.05) is 0 Å². The van der Waals surface area contributed by atoms with Crippen molar-refractivity contribution in [1.29, 1.82) is 0 Å². The molecule has 1 aromatic carbocycles. The molecule has 0 aliphatic heterocycles. The van der Waals surface area contributed by atoms with Gasteiger partial charge in [0, 0.05) is 11.1 Å². The topological polar surface area (TPSA) is 33.1 Å². The number of pyridine rings is 1. The van der Waals surface area contributed by atoms with Gasteiger partial charge in [-0.15, -0.1) is 11.8 Å². The molecule has 1 N–H and O–H groups in total. The second kappa shape index (κ2) is 5.07. The van der Waals surface area contributed by atoms with Crippen molar-refractivity contribution in [1.82, 2.24) is 4.98 Å². The number of thioether (sulfide) groups is 1. The summed E-state index contributed by atoms with van der Waals surface area (Å²) in [6.45, 7) is 6.52. The number of aromatic nitrogens is 1. The first-order valence-electron chi connectivity index (χ1n) is 5.74. The lowest BCUT2D eigenvalue weighted by atomic mass is 10.0. The maximum absolute atomic E-state index is 8.85. The van der Waals surface area contributed by atoms with Crippen molar-refractivity contribution in [3.05, 3.63) is 34.9 Å². The number of benzene rings is 1. The highest BCUT2D eigenvalue weighted by Crippen LogP contribution is 2.26. The number of nitrogens with zero attached hydrogens (tertiary/aromatic N) is 1. The highest BCUT2D eigenvalue weighted by Gasteiger charge is 2.06. The van der Waals surface area contributed by atoms with Gasteiger partial charge < -0.3 is 5.11 Å². The van der Waals surface area contributed by atoms with Crippen molar-refractivity contribution in [3.63, 3.8) is 0 Å². The SMILES string of the molecule is Cc1cc(C)c2nc(SCCO)cc(C)c2c1. The van der Waals surface area contributed by atoms with Crippen LogP contribution in [0.15, 0.2) is 23.2 Å². The summed E-state index contributed by atoms with van der Waals surface area (Å²) in [4.78, 5) is 4.67. The summed E-state index contributed by atoms with van der Waals surface area (Å²) in [5.74, 6) is 0.697. The van der Waals surface area contributed by atoms with E-state index in [-0.39, 0.29) is 6.61 Å². The monoisotopic (exact) mass is 247 g/mol. The van der Waals surface area contributed by atoms with Gasteiger partial charge >= 0.3 is 0 Å². The number of hydrogen-bond donors (Lipinski definition) is 1. The Morgan fingerprint density at radius 2 is 1.88 bits per heavy atom. The number of rotatable bonds is 3. The first-order valence-corrected chi connectivity index (χ1v) is 6.72. The minimum Gasteiger partial charge on any atom is -0.396 e. The first-order chi connectivity index (χ1) is 8.11. The molecular weight excluding hydrogens is 230 g/mol. The fourth-order valence-electron chi connectivity index (χ4n) is 2.04. The molecule has 0 spiro atoms. The van der Waals surface area contributed by atoms with Gasteiger partial charge in [-0.2, -0.15) is 0 Å². The third kappa shape index (κ3) is 2.61. The predicted octanol–water partition coefficient (Wildman–Crippen LogP) is 3.24. The Bertz CT molecular complexity index is 551. The van der Waals surface area contributed by atoms with E-state index in [1.54, 1.807) is 11.8 Å². The molecule has 17 heavy (non-hydrogen) atoms. The molecule has 2 rings (SSSR count). The molecule has 0 atom stereocenters. The summed E-state index contributed by atoms with van der Waals surface area (Å²) >= 11 is 1.60. The molecule has 2 nitrogen and oxygen atoms in total. The minimum atomic E-state index is 0.191. The van der Waals surface area contributed by atoms with E-state index in [1.165, 1.54) is 22.1 Å². The standard InChI is InChI=1S/C14H17NOS/c1-9-6-11(3)14-12(7-9)10(2)8-13(15-14)17-5-4-16/h6-8,16H,4-5H2,1-3H3. The van der Waals surface area contributed by atoms with Crippen LogP contribution < -0.4 is 0 Å². The smallest absolute Gasteiger partial charge is 0.0971 e. The van der Waals surface area contributed by atoms with E-state index < -0.39 is 0 Å². The number of aryl methyl sites for hydroxylation is 3. The molecule has 0 fully saturated rings. The van der Waals surface area contributed by atoms with Crippen LogP contribution in [0, 0.1) is 20.8 Å². The number of aliphatic hydroxyl groups is 1. The summed E-state index contributed by atoms with van der Waals surface area (Å²) in [7, 11) is 0. The fourth-order valence-corrected chi connectivity index (χ4v) is 2.75. The van der Waals surface area contributed by atoms with Gasteiger partial charge in [-0.05, 0) is 44.0 Å². The first kappa shape index (κ1) is 12.4. The molecule has 0 saturated heterocycles. The molecule has 90 valence electrons. The van der Waals surface area contributed by atoms with E-state index in [0.29, 0.717) is 5.75 Å². The van der Waals surface area contributed by atoms with Crippen LogP contribution >= 0.6 is 11.8 Å². The molecular formula is C14H17NOS. The van der Waals surface area contributed by atoms with Crippen molar-refractivity contribution in [3.8, 4) is 0 Å². The van der Waals surface area contributed by atoms with Crippen LogP contribution in [0.5, 0.6) is 0 Å². The molecule has 0 saturated carbocycles. The number of hydrogen-bond acceptors (Lipinski definition) is 3. The van der Waals surface area contributed by atoms with Crippen molar-refractivity contribution >= 4 is 22.7 Å². The average molecular weight is 247 g/mol. The molecule has 0 bridgehead atoms. The van der Waals surface area contributed by atoms with E-state index in [9.17, 15) is 0 Å². The Morgan fingerprint density at radius 1 is 1.12 bits per heavy atom. The lowest BCUT2D eigenvalue weighted by Gasteiger charge is -2.09. The number of aliphatic hydroxyl groups excluding tert-OH is 1. The number of fused-ring (bicyclic) bond motifs is 1. The molecule has 1 aromatic heterocycles. The Morgan fingerprint density at radius 3 is 2.59 bits per heavy atom. The van der Waals surface area contributed by atoms with Crippen LogP contribution in [0.1, 0.15) is 16.7 Å². The Hall–Kier alpha value is -1.06. The van der Waals surface area contributed by atoms with Gasteiger partial charge in [0.2, 0.25) is 0 Å². The molecule has 1 heterocycles. The molecule has 0 aliphatic carbocycles. The Kier molecular flexibility index (Phi) is 3.69.